The molecule has 0 fully saturated rings. The number of rotatable bonds is 6. The van der Waals surface area contributed by atoms with Gasteiger partial charge in [0.15, 0.2) is 0 Å². The van der Waals surface area contributed by atoms with Gasteiger partial charge in [0.2, 0.25) is 0 Å². The lowest BCUT2D eigenvalue weighted by Gasteiger charge is -2.30. The van der Waals surface area contributed by atoms with Gasteiger partial charge in [-0.1, -0.05) is 133 Å². The highest BCUT2D eigenvalue weighted by molar-refractivity contribution is 6.11. The molecule has 1 aliphatic carbocycles. The van der Waals surface area contributed by atoms with E-state index in [1.807, 2.05) is 0 Å². The lowest BCUT2D eigenvalue weighted by atomic mass is 9.85. The number of hydrogen-bond donors (Lipinski definition) is 0. The molecule has 2 heterocycles. The normalized spacial score (nSPS) is 14.4. The molecule has 0 radical (unpaired) electrons. The number of aromatic nitrogens is 1. The molecule has 0 amide bonds. The molecule has 1 aliphatic heterocycles. The summed E-state index contributed by atoms with van der Waals surface area (Å²) in [6.07, 6.45) is 3.41. The maximum absolute atomic E-state index is 2.51. The van der Waals surface area contributed by atoms with Crippen LogP contribution in [0.2, 0.25) is 0 Å². The summed E-state index contributed by atoms with van der Waals surface area (Å²) in [6.45, 7) is 0. The minimum Gasteiger partial charge on any atom is -0.313 e. The SMILES string of the molecule is C1=C2C(Cc3c1n(-c1ccccc1)c1ccc4ccccc4c31)c1ccccc1N2c1cccc(N(c2ccccc2)c2ccc(-c3ccccc3)cc2)c1. The summed E-state index contributed by atoms with van der Waals surface area (Å²) in [4.78, 5) is 4.88. The maximum atomic E-state index is 2.51. The fourth-order valence-electron chi connectivity index (χ4n) is 9.05. The van der Waals surface area contributed by atoms with Crippen molar-refractivity contribution in [2.75, 3.05) is 9.80 Å². The Morgan fingerprint density at radius 1 is 0.491 bits per heavy atom. The number of allylic oxidation sites excluding steroid dienone is 1. The van der Waals surface area contributed by atoms with Gasteiger partial charge in [0, 0.05) is 51.1 Å². The van der Waals surface area contributed by atoms with E-state index in [4.69, 9.17) is 0 Å². The van der Waals surface area contributed by atoms with Crippen LogP contribution < -0.4 is 9.80 Å². The summed E-state index contributed by atoms with van der Waals surface area (Å²) >= 11 is 0. The number of benzene rings is 8. The minimum atomic E-state index is 0.233. The van der Waals surface area contributed by atoms with Gasteiger partial charge in [-0.15, -0.1) is 0 Å². The molecule has 3 heteroatoms. The van der Waals surface area contributed by atoms with Crippen LogP contribution in [-0.4, -0.2) is 4.57 Å². The Labute approximate surface area is 321 Å². The van der Waals surface area contributed by atoms with Crippen molar-refractivity contribution in [3.8, 4) is 16.8 Å². The monoisotopic (exact) mass is 703 g/mol. The van der Waals surface area contributed by atoms with E-state index < -0.39 is 0 Å². The molecule has 260 valence electrons. The maximum Gasteiger partial charge on any atom is 0.0544 e. The van der Waals surface area contributed by atoms with E-state index in [0.717, 1.165) is 29.2 Å². The molecule has 0 saturated heterocycles. The third-order valence-electron chi connectivity index (χ3n) is 11.5. The lowest BCUT2D eigenvalue weighted by Crippen LogP contribution is -2.18. The molecular formula is C52H37N3. The summed E-state index contributed by atoms with van der Waals surface area (Å²) in [5, 5.41) is 3.96. The summed E-state index contributed by atoms with van der Waals surface area (Å²) < 4.78 is 2.48. The van der Waals surface area contributed by atoms with Crippen LogP contribution >= 0.6 is 0 Å². The van der Waals surface area contributed by atoms with Crippen molar-refractivity contribution >= 4 is 56.2 Å². The average Bonchev–Trinajstić information content (AvgIpc) is 3.76. The number of hydrogen-bond acceptors (Lipinski definition) is 2. The topological polar surface area (TPSA) is 11.4 Å². The highest BCUT2D eigenvalue weighted by Crippen LogP contribution is 2.54. The van der Waals surface area contributed by atoms with Gasteiger partial charge in [-0.3, -0.25) is 0 Å². The molecule has 0 N–H and O–H groups in total. The largest absolute Gasteiger partial charge is 0.313 e. The first-order chi connectivity index (χ1) is 27.3. The smallest absolute Gasteiger partial charge is 0.0544 e. The second-order valence-electron chi connectivity index (χ2n) is 14.5. The predicted molar refractivity (Wildman–Crippen MR) is 230 cm³/mol. The Morgan fingerprint density at radius 2 is 1.13 bits per heavy atom. The number of nitrogens with zero attached hydrogens (tertiary/aromatic N) is 3. The van der Waals surface area contributed by atoms with E-state index in [0.29, 0.717) is 0 Å². The van der Waals surface area contributed by atoms with Gasteiger partial charge in [0.1, 0.15) is 0 Å². The molecule has 3 nitrogen and oxygen atoms in total. The van der Waals surface area contributed by atoms with E-state index in [9.17, 15) is 0 Å². The van der Waals surface area contributed by atoms with Crippen LogP contribution in [0.15, 0.2) is 206 Å². The molecule has 1 aromatic heterocycles. The van der Waals surface area contributed by atoms with E-state index in [2.05, 4.69) is 221 Å². The van der Waals surface area contributed by atoms with Crippen molar-refractivity contribution in [2.45, 2.75) is 12.3 Å². The minimum absolute atomic E-state index is 0.233. The molecule has 0 saturated carbocycles. The van der Waals surface area contributed by atoms with Gasteiger partial charge in [-0.2, -0.15) is 0 Å². The van der Waals surface area contributed by atoms with Crippen LogP contribution in [0.25, 0.3) is 44.6 Å². The molecule has 1 atom stereocenters. The molecule has 9 aromatic rings. The zero-order chi connectivity index (χ0) is 36.3. The van der Waals surface area contributed by atoms with Gasteiger partial charge >= 0.3 is 0 Å². The van der Waals surface area contributed by atoms with Crippen LogP contribution in [0.4, 0.5) is 28.4 Å². The first-order valence-corrected chi connectivity index (χ1v) is 19.1. The standard InChI is InChI=1S/C52H37N3/c1-4-15-36(16-5-1)37-27-30-41(31-28-37)53(39-18-6-2-7-19-39)42-22-14-23-43(33-42)55-48-26-13-12-25-45(48)46-34-47-51(35-50(46)55)54(40-20-8-3-9-21-40)49-32-29-38-17-10-11-24-44(38)52(47)49/h1-33,35,46H,34H2. The number of anilines is 5. The van der Waals surface area contributed by atoms with Gasteiger partial charge in [0.25, 0.3) is 0 Å². The van der Waals surface area contributed by atoms with Crippen LogP contribution in [0.5, 0.6) is 0 Å². The molecule has 8 aromatic carbocycles. The molecule has 2 aliphatic rings. The summed E-state index contributed by atoms with van der Waals surface area (Å²) in [5.74, 6) is 0.233. The van der Waals surface area contributed by atoms with Crippen LogP contribution in [0.1, 0.15) is 22.7 Å². The average molecular weight is 704 g/mol. The second-order valence-corrected chi connectivity index (χ2v) is 14.5. The van der Waals surface area contributed by atoms with Crippen LogP contribution in [0.3, 0.4) is 0 Å². The van der Waals surface area contributed by atoms with Crippen molar-refractivity contribution in [1.29, 1.82) is 0 Å². The van der Waals surface area contributed by atoms with Gasteiger partial charge < -0.3 is 14.4 Å². The predicted octanol–water partition coefficient (Wildman–Crippen LogP) is 13.8. The first-order valence-electron chi connectivity index (χ1n) is 19.1. The molecule has 0 bridgehead atoms. The lowest BCUT2D eigenvalue weighted by molar-refractivity contribution is 0.797. The van der Waals surface area contributed by atoms with Gasteiger partial charge in [0.05, 0.1) is 11.2 Å². The Morgan fingerprint density at radius 3 is 1.95 bits per heavy atom. The quantitative estimate of drug-likeness (QED) is 0.171. The Bertz CT molecular complexity index is 2890. The van der Waals surface area contributed by atoms with Crippen molar-refractivity contribution < 1.29 is 0 Å². The third kappa shape index (κ3) is 5.12. The fourth-order valence-corrected chi connectivity index (χ4v) is 9.05. The zero-order valence-corrected chi connectivity index (χ0v) is 30.3. The van der Waals surface area contributed by atoms with Crippen molar-refractivity contribution in [3.63, 3.8) is 0 Å². The second kappa shape index (κ2) is 12.8. The van der Waals surface area contributed by atoms with E-state index >= 15 is 0 Å². The van der Waals surface area contributed by atoms with Gasteiger partial charge in [-0.25, -0.2) is 0 Å². The van der Waals surface area contributed by atoms with Crippen molar-refractivity contribution in [3.05, 3.63) is 223 Å². The third-order valence-corrected chi connectivity index (χ3v) is 11.5. The van der Waals surface area contributed by atoms with Crippen molar-refractivity contribution in [2.24, 2.45) is 0 Å². The van der Waals surface area contributed by atoms with Crippen molar-refractivity contribution in [1.82, 2.24) is 4.57 Å². The number of para-hydroxylation sites is 3. The molecule has 1 unspecified atom stereocenters. The fraction of sp³-hybridized carbons (Fsp3) is 0.0385. The van der Waals surface area contributed by atoms with E-state index in [1.54, 1.807) is 0 Å². The van der Waals surface area contributed by atoms with E-state index in [1.165, 1.54) is 66.7 Å². The Hall–Kier alpha value is -7.10. The van der Waals surface area contributed by atoms with E-state index in [-0.39, 0.29) is 5.92 Å². The number of fused-ring (bicyclic) bond motifs is 8. The summed E-state index contributed by atoms with van der Waals surface area (Å²) in [7, 11) is 0. The summed E-state index contributed by atoms with van der Waals surface area (Å²) in [6, 6.07) is 72.6. The highest BCUT2D eigenvalue weighted by Gasteiger charge is 2.39. The summed E-state index contributed by atoms with van der Waals surface area (Å²) in [5.41, 5.74) is 16.0. The first kappa shape index (κ1) is 31.4. The zero-order valence-electron chi connectivity index (χ0n) is 30.3. The molecule has 55 heavy (non-hydrogen) atoms. The van der Waals surface area contributed by atoms with Crippen LogP contribution in [-0.2, 0) is 6.42 Å². The highest BCUT2D eigenvalue weighted by atomic mass is 15.2. The van der Waals surface area contributed by atoms with Gasteiger partial charge in [-0.05, 0) is 112 Å². The Kier molecular flexibility index (Phi) is 7.31. The molecule has 11 rings (SSSR count). The molecule has 0 spiro atoms. The molecular weight excluding hydrogens is 667 g/mol. The Balaban J connectivity index is 1.08. The van der Waals surface area contributed by atoms with Crippen LogP contribution in [0, 0.1) is 0 Å².